The second-order valence-electron chi connectivity index (χ2n) is 14.9. The molecule has 3 atom stereocenters. The number of anilines is 1. The highest BCUT2D eigenvalue weighted by Crippen LogP contribution is 2.51. The summed E-state index contributed by atoms with van der Waals surface area (Å²) < 4.78 is 45.5. The van der Waals surface area contributed by atoms with Gasteiger partial charge in [0.15, 0.2) is 9.84 Å². The van der Waals surface area contributed by atoms with Crippen LogP contribution in [0.3, 0.4) is 0 Å². The molecule has 3 saturated heterocycles. The van der Waals surface area contributed by atoms with E-state index in [2.05, 4.69) is 26.1 Å². The maximum atomic E-state index is 14.9. The molecule has 2 aromatic carbocycles. The van der Waals surface area contributed by atoms with Crippen molar-refractivity contribution in [2.24, 2.45) is 17.8 Å². The van der Waals surface area contributed by atoms with Crippen LogP contribution >= 0.6 is 0 Å². The summed E-state index contributed by atoms with van der Waals surface area (Å²) in [6.07, 6.45) is 8.51. The fourth-order valence-corrected chi connectivity index (χ4v) is 11.2. The molecule has 0 aromatic heterocycles. The van der Waals surface area contributed by atoms with E-state index in [0.717, 1.165) is 115 Å². The summed E-state index contributed by atoms with van der Waals surface area (Å²) in [5, 5.41) is 2.99. The quantitative estimate of drug-likeness (QED) is 0.341. The molecular formula is C37H51FN4O4S. The molecule has 3 heterocycles. The number of methoxy groups -OCH3 is 1. The highest BCUT2D eigenvalue weighted by atomic mass is 32.2. The van der Waals surface area contributed by atoms with Crippen LogP contribution in [-0.2, 0) is 20.0 Å². The Kier molecular flexibility index (Phi) is 9.55. The maximum absolute atomic E-state index is 14.9. The number of carbonyl (C=O) groups is 1. The molecule has 0 bridgehead atoms. The van der Waals surface area contributed by atoms with Crippen LogP contribution in [0.5, 0.6) is 0 Å². The second-order valence-corrected chi connectivity index (χ2v) is 17.1. The van der Waals surface area contributed by atoms with Gasteiger partial charge in [-0.15, -0.1) is 0 Å². The number of ether oxygens (including phenoxy) is 1. The average Bonchev–Trinajstić information content (AvgIpc) is 3.46. The molecule has 256 valence electrons. The van der Waals surface area contributed by atoms with Gasteiger partial charge in [-0.2, -0.15) is 0 Å². The largest absolute Gasteiger partial charge is 0.453 e. The third-order valence-corrected chi connectivity index (χ3v) is 14.6. The number of carbonyl (C=O) groups excluding carboxylic acids is 1. The topological polar surface area (TPSA) is 82.2 Å². The molecule has 1 N–H and O–H groups in total. The van der Waals surface area contributed by atoms with Gasteiger partial charge in [-0.25, -0.2) is 17.6 Å². The van der Waals surface area contributed by atoms with Gasteiger partial charge in [0.25, 0.3) is 0 Å². The maximum Gasteiger partial charge on any atom is 0.407 e. The Morgan fingerprint density at radius 1 is 0.915 bits per heavy atom. The number of benzene rings is 2. The van der Waals surface area contributed by atoms with Crippen LogP contribution in [0.25, 0.3) is 0 Å². The molecule has 47 heavy (non-hydrogen) atoms. The number of amides is 1. The molecule has 3 aliphatic heterocycles. The number of likely N-dealkylation sites (tertiary alicyclic amines) is 2. The first-order valence-electron chi connectivity index (χ1n) is 17.9. The summed E-state index contributed by atoms with van der Waals surface area (Å²) >= 11 is 0. The summed E-state index contributed by atoms with van der Waals surface area (Å²) in [6.45, 7) is 8.14. The van der Waals surface area contributed by atoms with E-state index < -0.39 is 9.84 Å². The van der Waals surface area contributed by atoms with Crippen molar-refractivity contribution in [2.45, 2.75) is 79.4 Å². The van der Waals surface area contributed by atoms with Crippen molar-refractivity contribution in [3.63, 3.8) is 0 Å². The molecule has 1 unspecified atom stereocenters. The zero-order valence-electron chi connectivity index (χ0n) is 27.8. The Labute approximate surface area is 279 Å². The Morgan fingerprint density at radius 2 is 1.64 bits per heavy atom. The lowest BCUT2D eigenvalue weighted by atomic mass is 9.57. The van der Waals surface area contributed by atoms with E-state index in [1.807, 2.05) is 18.2 Å². The molecule has 2 saturated carbocycles. The van der Waals surface area contributed by atoms with E-state index in [9.17, 15) is 17.6 Å². The van der Waals surface area contributed by atoms with Crippen LogP contribution in [-0.4, -0.2) is 95.1 Å². The molecule has 0 radical (unpaired) electrons. The van der Waals surface area contributed by atoms with Gasteiger partial charge in [-0.1, -0.05) is 25.0 Å². The Morgan fingerprint density at radius 3 is 2.26 bits per heavy atom. The minimum Gasteiger partial charge on any atom is -0.453 e. The number of hydrogen-bond acceptors (Lipinski definition) is 7. The van der Waals surface area contributed by atoms with Crippen LogP contribution in [0.4, 0.5) is 14.9 Å². The first-order chi connectivity index (χ1) is 22.8. The predicted molar refractivity (Wildman–Crippen MR) is 182 cm³/mol. The summed E-state index contributed by atoms with van der Waals surface area (Å²) in [5.74, 6) is 1.00. The third-order valence-electron chi connectivity index (χ3n) is 12.3. The Balaban J connectivity index is 1.02. The van der Waals surface area contributed by atoms with Crippen molar-refractivity contribution in [1.82, 2.24) is 15.1 Å². The standard InChI is InChI=1S/C37H51FN4O4S/c1-46-36(43)39-35-11-4-10-34(35)37(26-41-18-5-19-41,29-6-2-7-30(38)22-29)28-16-20-40(21-17-28)23-27-24-42(25-27)31-12-14-33(15-13-31)47(44,45)32-8-3-9-32/h2,6-7,12-15,22,27-28,32,34-35H,3-5,8-11,16-21,23-26H2,1H3,(H,39,43)/t34-,35-,37?/m0/s1. The van der Waals surface area contributed by atoms with Crippen LogP contribution in [0, 0.1) is 23.6 Å². The fraction of sp³-hybridized carbons (Fsp3) is 0.649. The van der Waals surface area contributed by atoms with Crippen molar-refractivity contribution in [3.05, 3.63) is 59.9 Å². The molecule has 1 amide bonds. The highest BCUT2D eigenvalue weighted by molar-refractivity contribution is 7.92. The molecule has 8 nitrogen and oxygen atoms in total. The summed E-state index contributed by atoms with van der Waals surface area (Å²) in [7, 11) is -1.76. The molecule has 5 aliphatic rings. The first-order valence-corrected chi connectivity index (χ1v) is 19.4. The van der Waals surface area contributed by atoms with Gasteiger partial charge in [0.1, 0.15) is 5.82 Å². The minimum atomic E-state index is -3.19. The monoisotopic (exact) mass is 666 g/mol. The van der Waals surface area contributed by atoms with Gasteiger partial charge in [-0.05, 0) is 125 Å². The van der Waals surface area contributed by atoms with E-state index in [-0.39, 0.29) is 34.5 Å². The second kappa shape index (κ2) is 13.7. The number of halogens is 1. The van der Waals surface area contributed by atoms with Crippen LogP contribution in [0.2, 0.25) is 0 Å². The van der Waals surface area contributed by atoms with Crippen molar-refractivity contribution in [3.8, 4) is 0 Å². The molecule has 5 fully saturated rings. The summed E-state index contributed by atoms with van der Waals surface area (Å²) in [4.78, 5) is 20.4. The fourth-order valence-electron chi connectivity index (χ4n) is 9.35. The number of hydrogen-bond donors (Lipinski definition) is 1. The van der Waals surface area contributed by atoms with Crippen LogP contribution in [0.1, 0.15) is 63.4 Å². The summed E-state index contributed by atoms with van der Waals surface area (Å²) in [5.41, 5.74) is 1.94. The lowest BCUT2D eigenvalue weighted by molar-refractivity contribution is 0.0223. The molecule has 2 aliphatic carbocycles. The number of rotatable bonds is 11. The van der Waals surface area contributed by atoms with Crippen molar-refractivity contribution in [1.29, 1.82) is 0 Å². The Bertz CT molecular complexity index is 1500. The van der Waals surface area contributed by atoms with E-state index in [0.29, 0.717) is 16.7 Å². The van der Waals surface area contributed by atoms with Crippen LogP contribution in [0.15, 0.2) is 53.4 Å². The molecule has 10 heteroatoms. The Hall–Kier alpha value is -2.69. The normalized spacial score (nSPS) is 26.2. The van der Waals surface area contributed by atoms with E-state index >= 15 is 0 Å². The third kappa shape index (κ3) is 6.54. The zero-order chi connectivity index (χ0) is 32.6. The van der Waals surface area contributed by atoms with Gasteiger partial charge in [0.2, 0.25) is 0 Å². The van der Waals surface area contributed by atoms with Crippen molar-refractivity contribution in [2.75, 3.05) is 64.4 Å². The van der Waals surface area contributed by atoms with Gasteiger partial charge < -0.3 is 24.8 Å². The van der Waals surface area contributed by atoms with E-state index in [1.54, 1.807) is 24.3 Å². The number of nitrogens with one attached hydrogen (secondary N) is 1. The minimum absolute atomic E-state index is 0.0124. The van der Waals surface area contributed by atoms with Crippen molar-refractivity contribution < 1.29 is 22.3 Å². The number of piperidine rings is 1. The van der Waals surface area contributed by atoms with Crippen molar-refractivity contribution >= 4 is 21.6 Å². The molecule has 7 rings (SSSR count). The van der Waals surface area contributed by atoms with Crippen LogP contribution < -0.4 is 10.2 Å². The SMILES string of the molecule is COC(=O)N[C@H]1CCC[C@@H]1C(CN1CCC1)(c1cccc(F)c1)C1CCN(CC2CN(c3ccc(S(=O)(=O)C4CCC4)cc3)C2)CC1. The van der Waals surface area contributed by atoms with Gasteiger partial charge in [-0.3, -0.25) is 0 Å². The lowest BCUT2D eigenvalue weighted by Crippen LogP contribution is -2.60. The van der Waals surface area contributed by atoms with Gasteiger partial charge in [0.05, 0.1) is 17.3 Å². The average molecular weight is 667 g/mol. The van der Waals surface area contributed by atoms with Gasteiger partial charge >= 0.3 is 6.09 Å². The smallest absolute Gasteiger partial charge is 0.407 e. The van der Waals surface area contributed by atoms with E-state index in [4.69, 9.17) is 4.74 Å². The van der Waals surface area contributed by atoms with Gasteiger partial charge in [0, 0.05) is 49.2 Å². The van der Waals surface area contributed by atoms with E-state index in [1.165, 1.54) is 13.5 Å². The number of nitrogens with zero attached hydrogens (tertiary/aromatic N) is 3. The first kappa shape index (κ1) is 32.8. The summed E-state index contributed by atoms with van der Waals surface area (Å²) in [6, 6.07) is 14.9. The predicted octanol–water partition coefficient (Wildman–Crippen LogP) is 5.47. The molecule has 0 spiro atoms. The molecular weight excluding hydrogens is 615 g/mol. The lowest BCUT2D eigenvalue weighted by Gasteiger charge is -2.54. The zero-order valence-corrected chi connectivity index (χ0v) is 28.6. The highest BCUT2D eigenvalue weighted by Gasteiger charge is 2.53. The molecule has 2 aromatic rings. The number of sulfone groups is 1. The number of alkyl carbamates (subject to hydrolysis) is 1.